The van der Waals surface area contributed by atoms with Crippen LogP contribution in [-0.2, 0) is 4.84 Å². The van der Waals surface area contributed by atoms with E-state index < -0.39 is 0 Å². The van der Waals surface area contributed by atoms with Crippen molar-refractivity contribution in [3.8, 4) is 5.75 Å². The number of hydrogen-bond donors (Lipinski definition) is 1. The second kappa shape index (κ2) is 4.67. The molecule has 1 heterocycles. The van der Waals surface area contributed by atoms with Gasteiger partial charge >= 0.3 is 0 Å². The van der Waals surface area contributed by atoms with Gasteiger partial charge in [-0.05, 0) is 43.9 Å². The van der Waals surface area contributed by atoms with Crippen molar-refractivity contribution < 1.29 is 9.57 Å². The van der Waals surface area contributed by atoms with Crippen LogP contribution in [0.25, 0.3) is 0 Å². The fourth-order valence-electron chi connectivity index (χ4n) is 2.60. The summed E-state index contributed by atoms with van der Waals surface area (Å²) in [7, 11) is 1.65. The van der Waals surface area contributed by atoms with Gasteiger partial charge in [0.25, 0.3) is 0 Å². The highest BCUT2D eigenvalue weighted by Gasteiger charge is 2.36. The Bertz CT molecular complexity index is 429. The third kappa shape index (κ3) is 1.94. The van der Waals surface area contributed by atoms with E-state index in [-0.39, 0.29) is 12.1 Å². The number of nitrogens with one attached hydrogen (secondary N) is 1. The number of hydroxylamine groups is 1. The predicted molar refractivity (Wildman–Crippen MR) is 68.2 cm³/mol. The topological polar surface area (TPSA) is 30.5 Å². The molecule has 2 unspecified atom stereocenters. The van der Waals surface area contributed by atoms with Gasteiger partial charge in [0.1, 0.15) is 11.9 Å². The van der Waals surface area contributed by atoms with Crippen molar-refractivity contribution in [1.29, 1.82) is 0 Å². The molecule has 2 atom stereocenters. The molecule has 0 radical (unpaired) electrons. The monoisotopic (exact) mass is 235 g/mol. The van der Waals surface area contributed by atoms with Crippen molar-refractivity contribution in [3.05, 3.63) is 28.3 Å². The van der Waals surface area contributed by atoms with Gasteiger partial charge in [-0.15, -0.1) is 0 Å². The van der Waals surface area contributed by atoms with Crippen molar-refractivity contribution in [2.24, 2.45) is 0 Å². The summed E-state index contributed by atoms with van der Waals surface area (Å²) in [5.41, 5.74) is 8.11. The maximum atomic E-state index is 6.07. The summed E-state index contributed by atoms with van der Waals surface area (Å²) >= 11 is 0. The highest BCUT2D eigenvalue weighted by atomic mass is 16.6. The number of hydrogen-bond acceptors (Lipinski definition) is 3. The molecule has 0 aromatic heterocycles. The van der Waals surface area contributed by atoms with Gasteiger partial charge in [0, 0.05) is 5.56 Å². The zero-order valence-electron chi connectivity index (χ0n) is 11.3. The van der Waals surface area contributed by atoms with Crippen molar-refractivity contribution in [2.45, 2.75) is 46.3 Å². The zero-order valence-corrected chi connectivity index (χ0v) is 11.3. The molecule has 1 N–H and O–H groups in total. The fraction of sp³-hybridized carbons (Fsp3) is 0.571. The molecule has 1 aliphatic heterocycles. The molecule has 17 heavy (non-hydrogen) atoms. The van der Waals surface area contributed by atoms with E-state index in [1.54, 1.807) is 7.11 Å². The minimum Gasteiger partial charge on any atom is -0.488 e. The third-order valence-corrected chi connectivity index (χ3v) is 3.63. The lowest BCUT2D eigenvalue weighted by molar-refractivity contribution is 0.0281. The number of fused-ring (bicyclic) bond motifs is 1. The summed E-state index contributed by atoms with van der Waals surface area (Å²) < 4.78 is 6.07. The molecule has 3 heteroatoms. The van der Waals surface area contributed by atoms with E-state index in [1.807, 2.05) is 0 Å². The number of benzene rings is 1. The smallest absolute Gasteiger partial charge is 0.128 e. The first-order chi connectivity index (χ1) is 8.10. The van der Waals surface area contributed by atoms with Crippen LogP contribution in [-0.4, -0.2) is 13.2 Å². The van der Waals surface area contributed by atoms with E-state index in [4.69, 9.17) is 9.57 Å². The Morgan fingerprint density at radius 1 is 1.29 bits per heavy atom. The minimum atomic E-state index is 0.138. The van der Waals surface area contributed by atoms with Crippen LogP contribution >= 0.6 is 0 Å². The zero-order chi connectivity index (χ0) is 12.6. The molecule has 1 aromatic rings. The van der Waals surface area contributed by atoms with E-state index in [9.17, 15) is 0 Å². The average Bonchev–Trinajstić information content (AvgIpc) is 2.66. The number of rotatable bonds is 3. The van der Waals surface area contributed by atoms with Gasteiger partial charge in [-0.2, -0.15) is 5.48 Å². The summed E-state index contributed by atoms with van der Waals surface area (Å²) in [5.74, 6) is 1.05. The van der Waals surface area contributed by atoms with Gasteiger partial charge in [0.15, 0.2) is 0 Å². The van der Waals surface area contributed by atoms with Gasteiger partial charge < -0.3 is 9.57 Å². The van der Waals surface area contributed by atoms with Crippen molar-refractivity contribution in [3.63, 3.8) is 0 Å². The van der Waals surface area contributed by atoms with Crippen LogP contribution in [0.2, 0.25) is 0 Å². The van der Waals surface area contributed by atoms with Crippen molar-refractivity contribution >= 4 is 0 Å². The van der Waals surface area contributed by atoms with Crippen LogP contribution in [0.4, 0.5) is 0 Å². The van der Waals surface area contributed by atoms with Gasteiger partial charge in [-0.3, -0.25) is 0 Å². The normalized spacial score (nSPS) is 22.4. The van der Waals surface area contributed by atoms with Crippen LogP contribution in [0.5, 0.6) is 5.75 Å². The summed E-state index contributed by atoms with van der Waals surface area (Å²) in [6, 6.07) is 2.36. The molecule has 1 aliphatic rings. The summed E-state index contributed by atoms with van der Waals surface area (Å²) in [6.45, 7) is 8.52. The molecule has 94 valence electrons. The maximum Gasteiger partial charge on any atom is 0.128 e. The first-order valence-corrected chi connectivity index (χ1v) is 6.16. The third-order valence-electron chi connectivity index (χ3n) is 3.63. The first kappa shape index (κ1) is 12.4. The molecule has 0 bridgehead atoms. The minimum absolute atomic E-state index is 0.138. The Balaban J connectivity index is 2.51. The van der Waals surface area contributed by atoms with Gasteiger partial charge in [-0.25, -0.2) is 0 Å². The average molecular weight is 235 g/mol. The Hall–Kier alpha value is -1.06. The molecule has 0 saturated carbocycles. The Kier molecular flexibility index (Phi) is 3.40. The Morgan fingerprint density at radius 2 is 2.00 bits per heavy atom. The predicted octanol–water partition coefficient (Wildman–Crippen LogP) is 2.97. The molecule has 1 aromatic carbocycles. The molecule has 3 nitrogen and oxygen atoms in total. The van der Waals surface area contributed by atoms with E-state index in [2.05, 4.69) is 39.2 Å². The fourth-order valence-corrected chi connectivity index (χ4v) is 2.60. The highest BCUT2D eigenvalue weighted by molar-refractivity contribution is 5.53. The molecule has 0 amide bonds. The molecule has 0 saturated heterocycles. The van der Waals surface area contributed by atoms with Crippen molar-refractivity contribution in [2.75, 3.05) is 7.11 Å². The standard InChI is InChI=1S/C14H21NO2/c1-6-11-13(15-16-5)12-9(3)7-8(2)10(4)14(12)17-11/h7,11,13,15H,6H2,1-5H3. The molecular weight excluding hydrogens is 214 g/mol. The molecule has 2 rings (SSSR count). The number of aryl methyl sites for hydroxylation is 2. The lowest BCUT2D eigenvalue weighted by Crippen LogP contribution is -2.30. The van der Waals surface area contributed by atoms with Crippen LogP contribution in [0, 0.1) is 20.8 Å². The molecule has 0 fully saturated rings. The van der Waals surface area contributed by atoms with Crippen LogP contribution in [0.15, 0.2) is 6.07 Å². The van der Waals surface area contributed by atoms with Crippen LogP contribution < -0.4 is 10.2 Å². The SMILES string of the molecule is CCC1Oc2c(C)c(C)cc(C)c2C1NOC. The lowest BCUT2D eigenvalue weighted by atomic mass is 9.94. The van der Waals surface area contributed by atoms with Gasteiger partial charge in [0.2, 0.25) is 0 Å². The van der Waals surface area contributed by atoms with Crippen molar-refractivity contribution in [1.82, 2.24) is 5.48 Å². The molecule has 0 aliphatic carbocycles. The summed E-state index contributed by atoms with van der Waals surface area (Å²) in [4.78, 5) is 5.11. The summed E-state index contributed by atoms with van der Waals surface area (Å²) in [6.07, 6.45) is 1.12. The van der Waals surface area contributed by atoms with Crippen LogP contribution in [0.1, 0.15) is 41.6 Å². The van der Waals surface area contributed by atoms with E-state index >= 15 is 0 Å². The molecular formula is C14H21NO2. The van der Waals surface area contributed by atoms with E-state index in [0.29, 0.717) is 0 Å². The Labute approximate surface area is 103 Å². The largest absolute Gasteiger partial charge is 0.488 e. The number of ether oxygens (including phenoxy) is 1. The second-order valence-corrected chi connectivity index (χ2v) is 4.74. The maximum absolute atomic E-state index is 6.07. The second-order valence-electron chi connectivity index (χ2n) is 4.74. The van der Waals surface area contributed by atoms with E-state index in [1.165, 1.54) is 22.3 Å². The highest BCUT2D eigenvalue weighted by Crippen LogP contribution is 2.43. The van der Waals surface area contributed by atoms with Crippen LogP contribution in [0.3, 0.4) is 0 Å². The first-order valence-electron chi connectivity index (χ1n) is 6.16. The van der Waals surface area contributed by atoms with Gasteiger partial charge in [-0.1, -0.05) is 13.0 Å². The van der Waals surface area contributed by atoms with Gasteiger partial charge in [0.05, 0.1) is 13.2 Å². The Morgan fingerprint density at radius 3 is 2.59 bits per heavy atom. The summed E-state index contributed by atoms with van der Waals surface area (Å²) in [5, 5.41) is 0. The quantitative estimate of drug-likeness (QED) is 0.817. The molecule has 0 spiro atoms. The lowest BCUT2D eigenvalue weighted by Gasteiger charge is -2.18. The van der Waals surface area contributed by atoms with E-state index in [0.717, 1.165) is 12.2 Å².